The molecule has 160 valence electrons. The molecule has 4 rings (SSSR count). The maximum absolute atomic E-state index is 14.0. The van der Waals surface area contributed by atoms with Gasteiger partial charge >= 0.3 is 0 Å². The van der Waals surface area contributed by atoms with Gasteiger partial charge in [-0.05, 0) is 36.2 Å². The maximum Gasteiger partial charge on any atom is 0.287 e. The van der Waals surface area contributed by atoms with E-state index < -0.39 is 15.8 Å². The molecule has 0 unspecified atom stereocenters. The summed E-state index contributed by atoms with van der Waals surface area (Å²) < 4.78 is 48.4. The molecule has 0 radical (unpaired) electrons. The van der Waals surface area contributed by atoms with E-state index in [1.807, 2.05) is 24.3 Å². The standard InChI is InChI=1S/C22H19ClFN3O3S/c1-30-15-10-8-14(9-11-15)12-13-25-22-26-21-17(16-4-2-6-18(24)20(16)23)5-3-7-19(21)31(28,29)27-22/h2-11H,12-13H2,1H3,(H2,25,26,27). The molecule has 1 heterocycles. The highest BCUT2D eigenvalue weighted by Crippen LogP contribution is 2.39. The summed E-state index contributed by atoms with van der Waals surface area (Å²) >= 11 is 6.14. The molecule has 0 aromatic heterocycles. The van der Waals surface area contributed by atoms with E-state index in [-0.39, 0.29) is 15.9 Å². The summed E-state index contributed by atoms with van der Waals surface area (Å²) in [6.45, 7) is 0.450. The Labute approximate surface area is 184 Å². The SMILES string of the molecule is COc1ccc(CCNC2=NS(=O)(=O)c3cccc(-c4cccc(F)c4Cl)c3N2)cc1. The topological polar surface area (TPSA) is 79.8 Å². The van der Waals surface area contributed by atoms with Gasteiger partial charge in [0.15, 0.2) is 0 Å². The van der Waals surface area contributed by atoms with Gasteiger partial charge < -0.3 is 15.4 Å². The Balaban J connectivity index is 1.58. The predicted octanol–water partition coefficient (Wildman–Crippen LogP) is 4.46. The van der Waals surface area contributed by atoms with Crippen molar-refractivity contribution in [2.24, 2.45) is 4.40 Å². The molecule has 0 aliphatic carbocycles. The van der Waals surface area contributed by atoms with E-state index in [4.69, 9.17) is 16.3 Å². The van der Waals surface area contributed by atoms with Crippen molar-refractivity contribution in [2.75, 3.05) is 19.0 Å². The molecule has 1 aliphatic heterocycles. The van der Waals surface area contributed by atoms with Gasteiger partial charge in [-0.25, -0.2) is 4.39 Å². The van der Waals surface area contributed by atoms with Crippen LogP contribution < -0.4 is 15.4 Å². The third-order valence-electron chi connectivity index (χ3n) is 4.87. The maximum atomic E-state index is 14.0. The molecule has 9 heteroatoms. The van der Waals surface area contributed by atoms with Gasteiger partial charge in [0.25, 0.3) is 10.0 Å². The van der Waals surface area contributed by atoms with Crippen LogP contribution in [0.15, 0.2) is 70.0 Å². The van der Waals surface area contributed by atoms with Crippen LogP contribution in [0.2, 0.25) is 5.02 Å². The van der Waals surface area contributed by atoms with Crippen molar-refractivity contribution in [2.45, 2.75) is 11.3 Å². The number of halogens is 2. The quantitative estimate of drug-likeness (QED) is 0.589. The molecule has 0 saturated carbocycles. The fraction of sp³-hybridized carbons (Fsp3) is 0.136. The zero-order valence-corrected chi connectivity index (χ0v) is 18.1. The summed E-state index contributed by atoms with van der Waals surface area (Å²) in [5, 5.41) is 5.97. The van der Waals surface area contributed by atoms with Crippen LogP contribution in [0, 0.1) is 5.82 Å². The zero-order valence-electron chi connectivity index (χ0n) is 16.5. The monoisotopic (exact) mass is 459 g/mol. The Morgan fingerprint density at radius 2 is 1.77 bits per heavy atom. The Morgan fingerprint density at radius 1 is 1.06 bits per heavy atom. The van der Waals surface area contributed by atoms with Crippen LogP contribution in [0.5, 0.6) is 5.75 Å². The second-order valence-electron chi connectivity index (χ2n) is 6.84. The number of para-hydroxylation sites is 1. The lowest BCUT2D eigenvalue weighted by molar-refractivity contribution is 0.414. The number of anilines is 1. The normalized spacial score (nSPS) is 14.2. The largest absolute Gasteiger partial charge is 0.497 e. The molecule has 0 fully saturated rings. The number of hydrogen-bond acceptors (Lipinski definition) is 5. The zero-order chi connectivity index (χ0) is 22.0. The minimum atomic E-state index is -3.94. The highest BCUT2D eigenvalue weighted by molar-refractivity contribution is 7.90. The first kappa shape index (κ1) is 21.1. The van der Waals surface area contributed by atoms with Crippen LogP contribution >= 0.6 is 11.6 Å². The minimum Gasteiger partial charge on any atom is -0.497 e. The summed E-state index contributed by atoms with van der Waals surface area (Å²) in [4.78, 5) is 0.00559. The number of sulfonamides is 1. The smallest absolute Gasteiger partial charge is 0.287 e. The number of nitrogens with one attached hydrogen (secondary N) is 2. The van der Waals surface area contributed by atoms with Crippen molar-refractivity contribution in [3.8, 4) is 16.9 Å². The van der Waals surface area contributed by atoms with Crippen molar-refractivity contribution in [3.05, 3.63) is 77.1 Å². The van der Waals surface area contributed by atoms with E-state index in [0.717, 1.165) is 11.3 Å². The third-order valence-corrected chi connectivity index (χ3v) is 6.57. The van der Waals surface area contributed by atoms with E-state index in [2.05, 4.69) is 15.0 Å². The van der Waals surface area contributed by atoms with Gasteiger partial charge in [0, 0.05) is 17.7 Å². The summed E-state index contributed by atoms with van der Waals surface area (Å²) in [6, 6.07) is 16.7. The molecule has 0 atom stereocenters. The predicted molar refractivity (Wildman–Crippen MR) is 120 cm³/mol. The molecular weight excluding hydrogens is 441 g/mol. The molecule has 31 heavy (non-hydrogen) atoms. The lowest BCUT2D eigenvalue weighted by Crippen LogP contribution is -2.36. The summed E-state index contributed by atoms with van der Waals surface area (Å²) in [6.07, 6.45) is 0.648. The number of benzene rings is 3. The van der Waals surface area contributed by atoms with Crippen LogP contribution in [-0.2, 0) is 16.4 Å². The van der Waals surface area contributed by atoms with Gasteiger partial charge in [-0.2, -0.15) is 8.42 Å². The van der Waals surface area contributed by atoms with E-state index in [1.54, 1.807) is 25.3 Å². The molecule has 0 saturated heterocycles. The van der Waals surface area contributed by atoms with E-state index in [1.165, 1.54) is 18.2 Å². The van der Waals surface area contributed by atoms with Crippen molar-refractivity contribution in [3.63, 3.8) is 0 Å². The molecule has 6 nitrogen and oxygen atoms in total. The first-order chi connectivity index (χ1) is 14.9. The Bertz CT molecular complexity index is 1260. The minimum absolute atomic E-state index is 0.00559. The van der Waals surface area contributed by atoms with Gasteiger partial charge in [0.05, 0.1) is 17.8 Å². The van der Waals surface area contributed by atoms with Gasteiger partial charge in [-0.1, -0.05) is 48.0 Å². The van der Waals surface area contributed by atoms with Crippen molar-refractivity contribution < 1.29 is 17.5 Å². The number of ether oxygens (including phenoxy) is 1. The number of guanidine groups is 1. The fourth-order valence-electron chi connectivity index (χ4n) is 3.32. The first-order valence-corrected chi connectivity index (χ1v) is 11.3. The van der Waals surface area contributed by atoms with Gasteiger partial charge in [-0.3, -0.25) is 0 Å². The Hall–Kier alpha value is -3.10. The van der Waals surface area contributed by atoms with E-state index in [9.17, 15) is 12.8 Å². The highest BCUT2D eigenvalue weighted by Gasteiger charge is 2.28. The number of hydrogen-bond donors (Lipinski definition) is 2. The van der Waals surface area contributed by atoms with Crippen LogP contribution in [0.3, 0.4) is 0 Å². The Morgan fingerprint density at radius 3 is 2.52 bits per heavy atom. The fourth-order valence-corrected chi connectivity index (χ4v) is 4.66. The van der Waals surface area contributed by atoms with Gasteiger partial charge in [0.2, 0.25) is 5.96 Å². The summed E-state index contributed by atoms with van der Waals surface area (Å²) in [7, 11) is -2.33. The number of rotatable bonds is 5. The highest BCUT2D eigenvalue weighted by atomic mass is 35.5. The summed E-state index contributed by atoms with van der Waals surface area (Å²) in [5.74, 6) is 0.282. The number of nitrogens with zero attached hydrogens (tertiary/aromatic N) is 1. The van der Waals surface area contributed by atoms with E-state index in [0.29, 0.717) is 29.8 Å². The molecule has 3 aromatic rings. The molecule has 1 aliphatic rings. The first-order valence-electron chi connectivity index (χ1n) is 9.45. The Kier molecular flexibility index (Phi) is 5.84. The molecule has 2 N–H and O–H groups in total. The second-order valence-corrected chi connectivity index (χ2v) is 8.80. The van der Waals surface area contributed by atoms with Crippen LogP contribution in [0.1, 0.15) is 5.56 Å². The van der Waals surface area contributed by atoms with Gasteiger partial charge in [0.1, 0.15) is 16.5 Å². The molecule has 3 aromatic carbocycles. The van der Waals surface area contributed by atoms with E-state index >= 15 is 0 Å². The third kappa shape index (κ3) is 4.35. The molecule has 0 amide bonds. The van der Waals surface area contributed by atoms with Crippen LogP contribution in [-0.4, -0.2) is 28.0 Å². The lowest BCUT2D eigenvalue weighted by Gasteiger charge is -2.22. The molecule has 0 spiro atoms. The van der Waals surface area contributed by atoms with Crippen LogP contribution in [0.25, 0.3) is 11.1 Å². The lowest BCUT2D eigenvalue weighted by atomic mass is 10.0. The average Bonchev–Trinajstić information content (AvgIpc) is 2.76. The molecular formula is C22H19ClFN3O3S. The second kappa shape index (κ2) is 8.56. The number of methoxy groups -OCH3 is 1. The molecule has 0 bridgehead atoms. The van der Waals surface area contributed by atoms with Crippen LogP contribution in [0.4, 0.5) is 10.1 Å². The summed E-state index contributed by atoms with van der Waals surface area (Å²) in [5.41, 5.74) is 2.22. The van der Waals surface area contributed by atoms with Gasteiger partial charge in [-0.15, -0.1) is 4.40 Å². The van der Waals surface area contributed by atoms with Crippen molar-refractivity contribution in [1.82, 2.24) is 5.32 Å². The van der Waals surface area contributed by atoms with Crippen molar-refractivity contribution >= 4 is 33.3 Å². The number of fused-ring (bicyclic) bond motifs is 1. The average molecular weight is 460 g/mol. The van der Waals surface area contributed by atoms with Crippen molar-refractivity contribution in [1.29, 1.82) is 0 Å².